The number of aromatic nitrogens is 3. The van der Waals surface area contributed by atoms with Crippen LogP contribution in [-0.4, -0.2) is 45.6 Å². The van der Waals surface area contributed by atoms with E-state index in [1.807, 2.05) is 30.3 Å². The first-order valence-corrected chi connectivity index (χ1v) is 11.8. The van der Waals surface area contributed by atoms with Crippen molar-refractivity contribution in [3.63, 3.8) is 0 Å². The zero-order valence-electron chi connectivity index (χ0n) is 20.3. The minimum absolute atomic E-state index is 0.0204. The molecule has 2 heterocycles. The van der Waals surface area contributed by atoms with Gasteiger partial charge in [0.15, 0.2) is 0 Å². The number of hydrogen-bond acceptors (Lipinski definition) is 5. The number of alkyl halides is 3. The number of hydrogen-bond donors (Lipinski definition) is 0. The fourth-order valence-corrected chi connectivity index (χ4v) is 4.58. The first kappa shape index (κ1) is 26.2. The molecule has 8 nitrogen and oxygen atoms in total. The van der Waals surface area contributed by atoms with Crippen molar-refractivity contribution in [1.29, 1.82) is 0 Å². The lowest BCUT2D eigenvalue weighted by atomic mass is 9.92. The van der Waals surface area contributed by atoms with E-state index in [9.17, 15) is 13.2 Å². The summed E-state index contributed by atoms with van der Waals surface area (Å²) in [4.78, 5) is 4.91. The Morgan fingerprint density at radius 1 is 1.19 bits per heavy atom. The second-order valence-corrected chi connectivity index (χ2v) is 8.72. The second-order valence-electron chi connectivity index (χ2n) is 8.72. The van der Waals surface area contributed by atoms with Gasteiger partial charge in [0.1, 0.15) is 0 Å². The number of benzene rings is 2. The van der Waals surface area contributed by atoms with Gasteiger partial charge in [-0.2, -0.15) is 13.2 Å². The van der Waals surface area contributed by atoms with Crippen LogP contribution in [0.1, 0.15) is 35.6 Å². The maximum atomic E-state index is 13.7. The molecule has 2 atom stereocenters. The van der Waals surface area contributed by atoms with Crippen molar-refractivity contribution in [3.8, 4) is 23.1 Å². The number of nitrogens with zero attached hydrogens (tertiary/aromatic N) is 7. The predicted octanol–water partition coefficient (Wildman–Crippen LogP) is 5.54. The van der Waals surface area contributed by atoms with E-state index in [0.717, 1.165) is 37.1 Å². The summed E-state index contributed by atoms with van der Waals surface area (Å²) in [6, 6.07) is 13.7. The number of azide groups is 1. The van der Waals surface area contributed by atoms with Crippen molar-refractivity contribution >= 4 is 0 Å². The monoisotopic (exact) mass is 509 g/mol. The molecule has 1 aromatic heterocycles. The van der Waals surface area contributed by atoms with Gasteiger partial charge in [-0.25, -0.2) is 4.68 Å². The van der Waals surface area contributed by atoms with Crippen molar-refractivity contribution in [2.45, 2.75) is 37.8 Å². The highest BCUT2D eigenvalue weighted by Gasteiger charge is 2.34. The normalized spacial score (nSPS) is 18.1. The van der Waals surface area contributed by atoms with Gasteiger partial charge in [-0.1, -0.05) is 52.5 Å². The van der Waals surface area contributed by atoms with Crippen LogP contribution in [0.4, 0.5) is 13.2 Å². The smallest absolute Gasteiger partial charge is 0.372 e. The third-order valence-electron chi connectivity index (χ3n) is 6.24. The summed E-state index contributed by atoms with van der Waals surface area (Å²) in [6.07, 6.45) is -1.68. The van der Waals surface area contributed by atoms with Crippen molar-refractivity contribution in [2.24, 2.45) is 12.2 Å². The molecule has 0 unspecified atom stereocenters. The maximum Gasteiger partial charge on any atom is 0.416 e. The van der Waals surface area contributed by atoms with Crippen LogP contribution < -0.4 is 0 Å². The van der Waals surface area contributed by atoms with Gasteiger partial charge in [-0.15, -0.1) is 5.10 Å². The molecule has 0 bridgehead atoms. The highest BCUT2D eigenvalue weighted by molar-refractivity contribution is 5.61. The summed E-state index contributed by atoms with van der Waals surface area (Å²) in [6.45, 7) is 1.38. The van der Waals surface area contributed by atoms with Gasteiger partial charge >= 0.3 is 6.18 Å². The van der Waals surface area contributed by atoms with Crippen molar-refractivity contribution < 1.29 is 17.9 Å². The highest BCUT2D eigenvalue weighted by atomic mass is 19.4. The molecule has 0 N–H and O–H groups in total. The van der Waals surface area contributed by atoms with E-state index in [4.69, 9.17) is 10.3 Å². The molecule has 1 aliphatic rings. The van der Waals surface area contributed by atoms with Crippen LogP contribution in [0.5, 0.6) is 0 Å². The maximum absolute atomic E-state index is 13.7. The zero-order valence-corrected chi connectivity index (χ0v) is 20.3. The van der Waals surface area contributed by atoms with Crippen molar-refractivity contribution in [2.75, 3.05) is 19.6 Å². The average molecular weight is 510 g/mol. The molecule has 1 fully saturated rings. The molecule has 37 heavy (non-hydrogen) atoms. The average Bonchev–Trinajstić information content (AvgIpc) is 3.33. The number of likely N-dealkylation sites (tertiary alicyclic amines) is 1. The minimum atomic E-state index is -4.50. The first-order chi connectivity index (χ1) is 17.9. The number of piperidine rings is 1. The summed E-state index contributed by atoms with van der Waals surface area (Å²) in [5, 5.41) is 11.1. The predicted molar refractivity (Wildman–Crippen MR) is 132 cm³/mol. The van der Waals surface area contributed by atoms with E-state index in [1.54, 1.807) is 13.1 Å². The standard InChI is InChI=1S/C26H26F3N7O/c1-35-23(17-32-34-35)21-14-19(15-22(16-21)26(27,28)29)18-37-24-10-7-13-36(12-6-5-11-31-33-30)25(24)20-8-3-2-4-9-20/h2-4,8-9,14-17,24-25H,7,10-13,18H2,1H3/t24-,25-/m0/s1. The number of rotatable bonds is 7. The van der Waals surface area contributed by atoms with E-state index in [2.05, 4.69) is 37.1 Å². The topological polar surface area (TPSA) is 91.9 Å². The van der Waals surface area contributed by atoms with Crippen LogP contribution in [-0.2, 0) is 24.6 Å². The first-order valence-electron chi connectivity index (χ1n) is 11.8. The van der Waals surface area contributed by atoms with Gasteiger partial charge in [-0.05, 0) is 54.2 Å². The third-order valence-corrected chi connectivity index (χ3v) is 6.24. The van der Waals surface area contributed by atoms with Gasteiger partial charge < -0.3 is 4.74 Å². The largest absolute Gasteiger partial charge is 0.416 e. The Kier molecular flexibility index (Phi) is 8.46. The lowest BCUT2D eigenvalue weighted by Gasteiger charge is -2.40. The molecule has 11 heteroatoms. The highest BCUT2D eigenvalue weighted by Crippen LogP contribution is 2.36. The molecule has 0 spiro atoms. The number of aryl methyl sites for hydroxylation is 1. The zero-order chi connectivity index (χ0) is 26.3. The van der Waals surface area contributed by atoms with Gasteiger partial charge in [0, 0.05) is 17.5 Å². The molecule has 2 aromatic carbocycles. The Bertz CT molecular complexity index is 1310. The fraction of sp³-hybridized carbons (Fsp3) is 0.385. The van der Waals surface area contributed by atoms with Crippen molar-refractivity contribution in [3.05, 3.63) is 81.9 Å². The van der Waals surface area contributed by atoms with Crippen LogP contribution in [0.25, 0.3) is 21.7 Å². The molecule has 1 saturated heterocycles. The Morgan fingerprint density at radius 2 is 2.00 bits per heavy atom. The molecule has 1 aliphatic heterocycles. The van der Waals surface area contributed by atoms with E-state index < -0.39 is 11.7 Å². The van der Waals surface area contributed by atoms with Gasteiger partial charge in [0.05, 0.1) is 49.3 Å². The van der Waals surface area contributed by atoms with Crippen LogP contribution >= 0.6 is 0 Å². The van der Waals surface area contributed by atoms with Crippen LogP contribution in [0.3, 0.4) is 0 Å². The Morgan fingerprint density at radius 3 is 2.70 bits per heavy atom. The Hall–Kier alpha value is -3.84. The van der Waals surface area contributed by atoms with E-state index >= 15 is 0 Å². The Labute approximate surface area is 212 Å². The lowest BCUT2D eigenvalue weighted by molar-refractivity contribution is -0.137. The second kappa shape index (κ2) is 11.9. The van der Waals surface area contributed by atoms with Gasteiger partial charge in [0.2, 0.25) is 0 Å². The van der Waals surface area contributed by atoms with Crippen LogP contribution in [0.15, 0.2) is 59.8 Å². The molecule has 4 rings (SSSR count). The van der Waals surface area contributed by atoms with Crippen molar-refractivity contribution in [1.82, 2.24) is 19.9 Å². The molecule has 0 aliphatic carbocycles. The van der Waals surface area contributed by atoms with E-state index in [-0.39, 0.29) is 25.3 Å². The van der Waals surface area contributed by atoms with Gasteiger partial charge in [0.25, 0.3) is 0 Å². The third kappa shape index (κ3) is 6.68. The summed E-state index contributed by atoms with van der Waals surface area (Å²) in [5.74, 6) is 5.90. The number of halogens is 3. The van der Waals surface area contributed by atoms with E-state index in [0.29, 0.717) is 23.4 Å². The molecule has 0 radical (unpaired) electrons. The minimum Gasteiger partial charge on any atom is -0.372 e. The molecule has 192 valence electrons. The summed E-state index contributed by atoms with van der Waals surface area (Å²) in [5.41, 5.74) is 10.0. The Balaban J connectivity index is 1.58. The molecular formula is C26H26F3N7O. The fourth-order valence-electron chi connectivity index (χ4n) is 4.58. The summed E-state index contributed by atoms with van der Waals surface area (Å²) >= 11 is 0. The summed E-state index contributed by atoms with van der Waals surface area (Å²) in [7, 11) is 1.63. The molecule has 3 aromatic rings. The lowest BCUT2D eigenvalue weighted by Crippen LogP contribution is -2.43. The van der Waals surface area contributed by atoms with Gasteiger partial charge in [-0.3, -0.25) is 4.90 Å². The molecular weight excluding hydrogens is 483 g/mol. The SMILES string of the molecule is Cn1nncc1-c1cc(CO[C@H]2CCCN(CC#CCN=[N+]=[N-])[C@H]2c2ccccc2)cc(C(F)(F)F)c1. The molecule has 0 amide bonds. The molecule has 0 saturated carbocycles. The number of ether oxygens (including phenoxy) is 1. The van der Waals surface area contributed by atoms with Crippen LogP contribution in [0.2, 0.25) is 0 Å². The summed E-state index contributed by atoms with van der Waals surface area (Å²) < 4.78 is 48.8. The van der Waals surface area contributed by atoms with E-state index in [1.165, 1.54) is 10.9 Å². The van der Waals surface area contributed by atoms with Crippen LogP contribution in [0, 0.1) is 11.8 Å². The quantitative estimate of drug-likeness (QED) is 0.181.